The van der Waals surface area contributed by atoms with Crippen molar-refractivity contribution in [3.63, 3.8) is 0 Å². The number of nitrogens with two attached hydrogens (primary N) is 1. The molecule has 1 amide bonds. The zero-order valence-electron chi connectivity index (χ0n) is 19.6. The molecule has 6 rings (SSSR count). The van der Waals surface area contributed by atoms with Crippen LogP contribution in [-0.4, -0.2) is 39.1 Å². The second kappa shape index (κ2) is 9.19. The second-order valence-corrected chi connectivity index (χ2v) is 8.90. The first kappa shape index (κ1) is 21.9. The lowest BCUT2D eigenvalue weighted by atomic mass is 9.95. The van der Waals surface area contributed by atoms with Gasteiger partial charge in [0.05, 0.1) is 22.8 Å². The molecule has 0 bridgehead atoms. The van der Waals surface area contributed by atoms with Crippen molar-refractivity contribution in [2.75, 3.05) is 18.8 Å². The Morgan fingerprint density at radius 3 is 2.25 bits per heavy atom. The summed E-state index contributed by atoms with van der Waals surface area (Å²) in [6.45, 7) is 1.65. The van der Waals surface area contributed by atoms with Crippen molar-refractivity contribution < 1.29 is 9.53 Å². The lowest BCUT2D eigenvalue weighted by Crippen LogP contribution is -2.27. The highest BCUT2D eigenvalue weighted by Crippen LogP contribution is 2.39. The molecule has 3 aromatic carbocycles. The molecule has 0 unspecified atom stereocenters. The Labute approximate surface area is 208 Å². The Bertz CT molecular complexity index is 1520. The van der Waals surface area contributed by atoms with Crippen LogP contribution in [0.1, 0.15) is 23.2 Å². The summed E-state index contributed by atoms with van der Waals surface area (Å²) >= 11 is 0. The van der Waals surface area contributed by atoms with E-state index in [2.05, 4.69) is 10.2 Å². The molecule has 7 heteroatoms. The number of likely N-dealkylation sites (tertiary alicyclic amines) is 1. The van der Waals surface area contributed by atoms with Gasteiger partial charge in [-0.05, 0) is 54.8 Å². The molecule has 3 N–H and O–H groups in total. The van der Waals surface area contributed by atoms with Crippen LogP contribution in [0.2, 0.25) is 0 Å². The second-order valence-electron chi connectivity index (χ2n) is 8.90. The van der Waals surface area contributed by atoms with E-state index in [1.165, 1.54) is 0 Å². The third kappa shape index (κ3) is 4.05. The van der Waals surface area contributed by atoms with Gasteiger partial charge >= 0.3 is 0 Å². The van der Waals surface area contributed by atoms with Gasteiger partial charge in [-0.15, -0.1) is 0 Å². The first-order valence-electron chi connectivity index (χ1n) is 12.0. The van der Waals surface area contributed by atoms with E-state index in [-0.39, 0.29) is 5.91 Å². The first-order valence-corrected chi connectivity index (χ1v) is 12.0. The molecule has 1 aliphatic rings. The van der Waals surface area contributed by atoms with E-state index >= 15 is 0 Å². The molecule has 0 spiro atoms. The average molecular weight is 476 g/mol. The van der Waals surface area contributed by atoms with E-state index in [9.17, 15) is 4.79 Å². The minimum absolute atomic E-state index is 0.0794. The van der Waals surface area contributed by atoms with Crippen molar-refractivity contribution in [2.45, 2.75) is 12.8 Å². The van der Waals surface area contributed by atoms with Crippen molar-refractivity contribution in [1.29, 1.82) is 0 Å². The molecule has 7 nitrogen and oxygen atoms in total. The van der Waals surface area contributed by atoms with Crippen molar-refractivity contribution in [1.82, 2.24) is 20.1 Å². The summed E-state index contributed by atoms with van der Waals surface area (Å²) in [6, 6.07) is 25.2. The fourth-order valence-electron chi connectivity index (χ4n) is 4.73. The topological polar surface area (TPSA) is 97.1 Å². The van der Waals surface area contributed by atoms with Gasteiger partial charge in [0, 0.05) is 29.8 Å². The lowest BCUT2D eigenvalue weighted by molar-refractivity contribution is 0.0793. The number of anilines is 1. The van der Waals surface area contributed by atoms with E-state index < -0.39 is 0 Å². The largest absolute Gasteiger partial charge is 0.457 e. The quantitative estimate of drug-likeness (QED) is 0.330. The number of ether oxygens (including phenoxy) is 1. The molecular weight excluding hydrogens is 450 g/mol. The molecule has 1 fully saturated rings. The van der Waals surface area contributed by atoms with E-state index in [0.717, 1.165) is 70.7 Å². The maximum absolute atomic E-state index is 12.8. The molecule has 0 saturated carbocycles. The van der Waals surface area contributed by atoms with Crippen LogP contribution in [-0.2, 0) is 0 Å². The maximum atomic E-state index is 12.8. The van der Waals surface area contributed by atoms with E-state index in [4.69, 9.17) is 15.5 Å². The zero-order valence-corrected chi connectivity index (χ0v) is 19.6. The fourth-order valence-corrected chi connectivity index (χ4v) is 4.73. The van der Waals surface area contributed by atoms with Crippen molar-refractivity contribution >= 4 is 22.6 Å². The van der Waals surface area contributed by atoms with Gasteiger partial charge in [-0.1, -0.05) is 42.5 Å². The summed E-state index contributed by atoms with van der Waals surface area (Å²) in [6.07, 6.45) is 3.88. The van der Waals surface area contributed by atoms with Crippen LogP contribution >= 0.6 is 0 Å². The van der Waals surface area contributed by atoms with Gasteiger partial charge in [0.25, 0.3) is 5.91 Å². The van der Waals surface area contributed by atoms with E-state index in [1.54, 1.807) is 6.20 Å². The number of aromatic amines is 1. The highest BCUT2D eigenvalue weighted by atomic mass is 16.5. The van der Waals surface area contributed by atoms with Crippen LogP contribution in [0.15, 0.2) is 85.1 Å². The number of hydrogen-bond acceptors (Lipinski definition) is 5. The molecule has 1 saturated heterocycles. The Morgan fingerprint density at radius 2 is 1.53 bits per heavy atom. The summed E-state index contributed by atoms with van der Waals surface area (Å²) in [5.74, 6) is 2.00. The number of amides is 1. The van der Waals surface area contributed by atoms with Gasteiger partial charge in [-0.25, -0.2) is 0 Å². The summed E-state index contributed by atoms with van der Waals surface area (Å²) in [7, 11) is 0. The minimum atomic E-state index is 0.0794. The average Bonchev–Trinajstić information content (AvgIpc) is 3.60. The molecule has 2 aromatic heterocycles. The number of nitrogen functional groups attached to an aromatic ring is 1. The van der Waals surface area contributed by atoms with Crippen LogP contribution in [0, 0.1) is 0 Å². The lowest BCUT2D eigenvalue weighted by Gasteiger charge is -2.16. The molecule has 3 heterocycles. The number of fused-ring (bicyclic) bond motifs is 1. The van der Waals surface area contributed by atoms with Crippen LogP contribution in [0.25, 0.3) is 33.3 Å². The Kier molecular flexibility index (Phi) is 5.58. The highest BCUT2D eigenvalue weighted by Gasteiger charge is 2.21. The molecule has 0 radical (unpaired) electrons. The number of para-hydroxylation sites is 1. The van der Waals surface area contributed by atoms with Crippen LogP contribution in [0.5, 0.6) is 11.5 Å². The number of pyridine rings is 1. The standard InChI is InChI=1S/C29H25N5O2/c30-28-26-24(32-33-28)18-31-27(20-8-10-21(11-9-20)29(35)34-16-4-5-17-34)25(26)19-12-14-23(15-13-19)36-22-6-2-1-3-7-22/h1-3,6-15,18H,4-5,16-17H2,(H3,30,32,33). The molecule has 36 heavy (non-hydrogen) atoms. The zero-order chi connectivity index (χ0) is 24.5. The summed E-state index contributed by atoms with van der Waals surface area (Å²) < 4.78 is 5.96. The van der Waals surface area contributed by atoms with Crippen molar-refractivity contribution in [2.24, 2.45) is 0 Å². The normalized spacial score (nSPS) is 13.3. The third-order valence-corrected chi connectivity index (χ3v) is 6.55. The Hall–Kier alpha value is -4.65. The number of hydrogen-bond donors (Lipinski definition) is 2. The van der Waals surface area contributed by atoms with Crippen LogP contribution < -0.4 is 10.5 Å². The van der Waals surface area contributed by atoms with Crippen LogP contribution in [0.3, 0.4) is 0 Å². The van der Waals surface area contributed by atoms with Gasteiger partial charge in [-0.2, -0.15) is 5.10 Å². The number of carbonyl (C=O) groups excluding carboxylic acids is 1. The molecule has 5 aromatic rings. The van der Waals surface area contributed by atoms with E-state index in [0.29, 0.717) is 11.4 Å². The molecular formula is C29H25N5O2. The number of nitrogens with zero attached hydrogens (tertiary/aromatic N) is 3. The van der Waals surface area contributed by atoms with Gasteiger partial charge in [0.15, 0.2) is 5.82 Å². The summed E-state index contributed by atoms with van der Waals surface area (Å²) in [5.41, 5.74) is 11.2. The molecule has 0 atom stereocenters. The molecule has 0 aliphatic carbocycles. The first-order chi connectivity index (χ1) is 17.7. The molecule has 1 aliphatic heterocycles. The third-order valence-electron chi connectivity index (χ3n) is 6.55. The summed E-state index contributed by atoms with van der Waals surface area (Å²) in [5, 5.41) is 7.99. The number of nitrogens with one attached hydrogen (secondary N) is 1. The van der Waals surface area contributed by atoms with Gasteiger partial charge in [-0.3, -0.25) is 14.9 Å². The number of H-pyrrole nitrogens is 1. The van der Waals surface area contributed by atoms with Gasteiger partial charge in [0.2, 0.25) is 0 Å². The minimum Gasteiger partial charge on any atom is -0.457 e. The predicted molar refractivity (Wildman–Crippen MR) is 141 cm³/mol. The van der Waals surface area contributed by atoms with Gasteiger partial charge < -0.3 is 15.4 Å². The van der Waals surface area contributed by atoms with Crippen molar-refractivity contribution in [3.05, 3.63) is 90.6 Å². The summed E-state index contributed by atoms with van der Waals surface area (Å²) in [4.78, 5) is 19.5. The fraction of sp³-hybridized carbons (Fsp3) is 0.138. The highest BCUT2D eigenvalue weighted by molar-refractivity contribution is 6.06. The Balaban J connectivity index is 1.38. The number of aromatic nitrogens is 3. The number of rotatable bonds is 5. The Morgan fingerprint density at radius 1 is 0.861 bits per heavy atom. The molecule has 178 valence electrons. The van der Waals surface area contributed by atoms with Crippen molar-refractivity contribution in [3.8, 4) is 33.9 Å². The van der Waals surface area contributed by atoms with Gasteiger partial charge in [0.1, 0.15) is 11.5 Å². The SMILES string of the molecule is Nc1n[nH]c2cnc(-c3ccc(C(=O)N4CCCC4)cc3)c(-c3ccc(Oc4ccccc4)cc3)c12. The van der Waals surface area contributed by atoms with E-state index in [1.807, 2.05) is 83.8 Å². The van der Waals surface area contributed by atoms with Crippen LogP contribution in [0.4, 0.5) is 5.82 Å². The monoisotopic (exact) mass is 475 g/mol. The smallest absolute Gasteiger partial charge is 0.253 e. The number of benzene rings is 3. The predicted octanol–water partition coefficient (Wildman–Crippen LogP) is 5.90. The maximum Gasteiger partial charge on any atom is 0.253 e. The number of carbonyl (C=O) groups is 1.